The number of rotatable bonds is 5. The van der Waals surface area contributed by atoms with Gasteiger partial charge in [-0.3, -0.25) is 4.40 Å². The first-order valence-corrected chi connectivity index (χ1v) is 9.11. The molecule has 21 heavy (non-hydrogen) atoms. The van der Waals surface area contributed by atoms with Gasteiger partial charge < -0.3 is 10.2 Å². The van der Waals surface area contributed by atoms with Crippen molar-refractivity contribution in [1.29, 1.82) is 0 Å². The fraction of sp³-hybridized carbons (Fsp3) is 0.688. The Hall–Kier alpha value is -1.07. The standard InChI is InChI=1S/C16H26N4S/c1-3-13-6-5-8-19(9-7-13)15-14(12-17-4-2)20-10-11-21-16(20)18-15/h10-11,13,17H,3-9,12H2,1-2H3. The van der Waals surface area contributed by atoms with Crippen molar-refractivity contribution >= 4 is 22.1 Å². The summed E-state index contributed by atoms with van der Waals surface area (Å²) in [5.41, 5.74) is 1.32. The number of hydrogen-bond donors (Lipinski definition) is 1. The monoisotopic (exact) mass is 306 g/mol. The van der Waals surface area contributed by atoms with Crippen molar-refractivity contribution in [3.8, 4) is 0 Å². The maximum Gasteiger partial charge on any atom is 0.195 e. The van der Waals surface area contributed by atoms with Gasteiger partial charge in [0.25, 0.3) is 0 Å². The summed E-state index contributed by atoms with van der Waals surface area (Å²) in [7, 11) is 0. The third-order valence-electron chi connectivity index (χ3n) is 4.61. The molecule has 0 aliphatic carbocycles. The van der Waals surface area contributed by atoms with Crippen molar-refractivity contribution in [1.82, 2.24) is 14.7 Å². The summed E-state index contributed by atoms with van der Waals surface area (Å²) in [5.74, 6) is 2.11. The Labute approximate surface area is 131 Å². The molecule has 2 aromatic rings. The molecule has 116 valence electrons. The van der Waals surface area contributed by atoms with Crippen LogP contribution in [0.15, 0.2) is 11.6 Å². The smallest absolute Gasteiger partial charge is 0.195 e. The zero-order chi connectivity index (χ0) is 14.7. The highest BCUT2D eigenvalue weighted by Crippen LogP contribution is 2.28. The molecule has 1 N–H and O–H groups in total. The Morgan fingerprint density at radius 3 is 3.05 bits per heavy atom. The Bertz CT molecular complexity index is 574. The van der Waals surface area contributed by atoms with Crippen LogP contribution in [-0.4, -0.2) is 29.0 Å². The fourth-order valence-corrected chi connectivity index (χ4v) is 4.00. The second-order valence-electron chi connectivity index (χ2n) is 5.91. The van der Waals surface area contributed by atoms with Gasteiger partial charge in [0.1, 0.15) is 0 Å². The SMILES string of the molecule is CCNCc1c(N2CCCC(CC)CC2)nc2sccn12. The molecule has 1 atom stereocenters. The second kappa shape index (κ2) is 6.79. The number of imidazole rings is 1. The van der Waals surface area contributed by atoms with Crippen LogP contribution >= 0.6 is 11.3 Å². The molecule has 1 fully saturated rings. The first-order chi connectivity index (χ1) is 10.3. The summed E-state index contributed by atoms with van der Waals surface area (Å²) in [4.78, 5) is 8.54. The molecule has 1 aliphatic heterocycles. The van der Waals surface area contributed by atoms with Crippen molar-refractivity contribution in [2.75, 3.05) is 24.5 Å². The molecule has 3 heterocycles. The quantitative estimate of drug-likeness (QED) is 0.917. The third kappa shape index (κ3) is 3.09. The Morgan fingerprint density at radius 2 is 2.24 bits per heavy atom. The summed E-state index contributed by atoms with van der Waals surface area (Å²) < 4.78 is 2.25. The van der Waals surface area contributed by atoms with Crippen molar-refractivity contribution in [3.05, 3.63) is 17.3 Å². The van der Waals surface area contributed by atoms with E-state index in [1.165, 1.54) is 37.2 Å². The van der Waals surface area contributed by atoms with E-state index in [0.29, 0.717) is 0 Å². The molecule has 0 radical (unpaired) electrons. The summed E-state index contributed by atoms with van der Waals surface area (Å²) in [6, 6.07) is 0. The number of thiazole rings is 1. The molecule has 1 saturated heterocycles. The van der Waals surface area contributed by atoms with Gasteiger partial charge in [0.2, 0.25) is 0 Å². The molecule has 1 aliphatic rings. The van der Waals surface area contributed by atoms with Crippen LogP contribution in [0.1, 0.15) is 45.2 Å². The summed E-state index contributed by atoms with van der Waals surface area (Å²) in [5, 5.41) is 5.59. The molecule has 0 aromatic carbocycles. The number of nitrogens with one attached hydrogen (secondary N) is 1. The molecule has 0 bridgehead atoms. The van der Waals surface area contributed by atoms with Crippen molar-refractivity contribution in [2.24, 2.45) is 5.92 Å². The highest BCUT2D eigenvalue weighted by atomic mass is 32.1. The fourth-order valence-electron chi connectivity index (χ4n) is 3.27. The number of fused-ring (bicyclic) bond motifs is 1. The predicted molar refractivity (Wildman–Crippen MR) is 90.3 cm³/mol. The molecule has 0 saturated carbocycles. The zero-order valence-electron chi connectivity index (χ0n) is 13.1. The first kappa shape index (κ1) is 14.9. The van der Waals surface area contributed by atoms with Gasteiger partial charge in [-0.05, 0) is 31.7 Å². The van der Waals surface area contributed by atoms with E-state index in [9.17, 15) is 0 Å². The van der Waals surface area contributed by atoms with Crippen molar-refractivity contribution in [2.45, 2.75) is 46.1 Å². The predicted octanol–water partition coefficient (Wildman–Crippen LogP) is 3.52. The molecular weight excluding hydrogens is 280 g/mol. The van der Waals surface area contributed by atoms with Crippen LogP contribution in [0.2, 0.25) is 0 Å². The van der Waals surface area contributed by atoms with Crippen molar-refractivity contribution < 1.29 is 0 Å². The lowest BCUT2D eigenvalue weighted by atomic mass is 9.98. The van der Waals surface area contributed by atoms with Gasteiger partial charge in [-0.1, -0.05) is 20.3 Å². The Morgan fingerprint density at radius 1 is 1.33 bits per heavy atom. The normalized spacial score (nSPS) is 20.1. The van der Waals surface area contributed by atoms with Gasteiger partial charge in [-0.15, -0.1) is 11.3 Å². The van der Waals surface area contributed by atoms with Crippen LogP contribution in [0.25, 0.3) is 4.96 Å². The second-order valence-corrected chi connectivity index (χ2v) is 6.78. The zero-order valence-corrected chi connectivity index (χ0v) is 14.0. The van der Waals surface area contributed by atoms with Crippen LogP contribution in [0.3, 0.4) is 0 Å². The van der Waals surface area contributed by atoms with Gasteiger partial charge in [-0.25, -0.2) is 4.98 Å². The lowest BCUT2D eigenvalue weighted by molar-refractivity contribution is 0.459. The minimum absolute atomic E-state index is 0.899. The molecule has 4 nitrogen and oxygen atoms in total. The van der Waals surface area contributed by atoms with E-state index in [1.807, 2.05) is 0 Å². The maximum atomic E-state index is 4.91. The van der Waals surface area contributed by atoms with Crippen molar-refractivity contribution in [3.63, 3.8) is 0 Å². The third-order valence-corrected chi connectivity index (χ3v) is 5.36. The van der Waals surface area contributed by atoms with Gasteiger partial charge >= 0.3 is 0 Å². The van der Waals surface area contributed by atoms with E-state index in [4.69, 9.17) is 4.98 Å². The summed E-state index contributed by atoms with van der Waals surface area (Å²) in [6.45, 7) is 8.68. The van der Waals surface area contributed by atoms with E-state index in [-0.39, 0.29) is 0 Å². The summed E-state index contributed by atoms with van der Waals surface area (Å²) in [6.07, 6.45) is 7.44. The average molecular weight is 306 g/mol. The highest BCUT2D eigenvalue weighted by Gasteiger charge is 2.22. The van der Waals surface area contributed by atoms with Crippen LogP contribution in [0.4, 0.5) is 5.82 Å². The maximum absolute atomic E-state index is 4.91. The van der Waals surface area contributed by atoms with E-state index in [1.54, 1.807) is 11.3 Å². The van der Waals surface area contributed by atoms with E-state index in [2.05, 4.69) is 40.0 Å². The van der Waals surface area contributed by atoms with Gasteiger partial charge in [0.05, 0.1) is 5.69 Å². The largest absolute Gasteiger partial charge is 0.355 e. The molecular formula is C16H26N4S. The van der Waals surface area contributed by atoms with Crippen LogP contribution in [-0.2, 0) is 6.54 Å². The average Bonchev–Trinajstić information content (AvgIpc) is 2.99. The lowest BCUT2D eigenvalue weighted by Crippen LogP contribution is -2.27. The number of anilines is 1. The molecule has 0 spiro atoms. The van der Waals surface area contributed by atoms with E-state index >= 15 is 0 Å². The minimum atomic E-state index is 0.899. The Kier molecular flexibility index (Phi) is 4.80. The van der Waals surface area contributed by atoms with Gasteiger partial charge in [-0.2, -0.15) is 0 Å². The van der Waals surface area contributed by atoms with Crippen LogP contribution in [0, 0.1) is 5.92 Å². The van der Waals surface area contributed by atoms with E-state index < -0.39 is 0 Å². The molecule has 2 aromatic heterocycles. The lowest BCUT2D eigenvalue weighted by Gasteiger charge is -2.22. The van der Waals surface area contributed by atoms with Crippen LogP contribution in [0.5, 0.6) is 0 Å². The highest BCUT2D eigenvalue weighted by molar-refractivity contribution is 7.15. The summed E-state index contributed by atoms with van der Waals surface area (Å²) >= 11 is 1.73. The minimum Gasteiger partial charge on any atom is -0.355 e. The first-order valence-electron chi connectivity index (χ1n) is 8.23. The van der Waals surface area contributed by atoms with E-state index in [0.717, 1.165) is 37.1 Å². The Balaban J connectivity index is 1.86. The van der Waals surface area contributed by atoms with Gasteiger partial charge in [0.15, 0.2) is 10.8 Å². The van der Waals surface area contributed by atoms with Crippen LogP contribution < -0.4 is 10.2 Å². The topological polar surface area (TPSA) is 32.6 Å². The molecule has 1 unspecified atom stereocenters. The molecule has 5 heteroatoms. The number of hydrogen-bond acceptors (Lipinski definition) is 4. The number of aromatic nitrogens is 2. The molecule has 3 rings (SSSR count). The van der Waals surface area contributed by atoms with Gasteiger partial charge in [0, 0.05) is 31.2 Å². The number of nitrogens with zero attached hydrogens (tertiary/aromatic N) is 3. The molecule has 0 amide bonds.